The fraction of sp³-hybridized carbons (Fsp3) is 0.556. The van der Waals surface area contributed by atoms with Gasteiger partial charge in [0.1, 0.15) is 5.60 Å². The average molecular weight is 315 g/mol. The smallest absolute Gasteiger partial charge is 0.410 e. The molecule has 2 aromatic heterocycles. The van der Waals surface area contributed by atoms with Crippen LogP contribution < -0.4 is 0 Å². The van der Waals surface area contributed by atoms with Crippen LogP contribution in [0.15, 0.2) is 24.4 Å². The first-order valence-electron chi connectivity index (χ1n) is 8.23. The fourth-order valence-electron chi connectivity index (χ4n) is 3.28. The molecule has 0 N–H and O–H groups in total. The third kappa shape index (κ3) is 3.33. The van der Waals surface area contributed by atoms with Crippen LogP contribution in [0.1, 0.15) is 45.2 Å². The number of amides is 1. The van der Waals surface area contributed by atoms with Gasteiger partial charge in [0.15, 0.2) is 0 Å². The minimum Gasteiger partial charge on any atom is -0.444 e. The van der Waals surface area contributed by atoms with Crippen LogP contribution in [0.25, 0.3) is 11.0 Å². The van der Waals surface area contributed by atoms with E-state index in [9.17, 15) is 4.79 Å². The van der Waals surface area contributed by atoms with E-state index in [-0.39, 0.29) is 6.09 Å². The lowest BCUT2D eigenvalue weighted by molar-refractivity contribution is 0.0196. The van der Waals surface area contributed by atoms with Crippen LogP contribution in [0.5, 0.6) is 0 Å². The van der Waals surface area contributed by atoms with Gasteiger partial charge in [0.2, 0.25) is 0 Å². The van der Waals surface area contributed by atoms with E-state index in [0.29, 0.717) is 12.5 Å². The number of fused-ring (bicyclic) bond motifs is 1. The monoisotopic (exact) mass is 315 g/mol. The first-order valence-corrected chi connectivity index (χ1v) is 8.23. The van der Waals surface area contributed by atoms with Crippen molar-refractivity contribution in [2.75, 3.05) is 13.1 Å². The van der Waals surface area contributed by atoms with E-state index in [2.05, 4.69) is 28.7 Å². The molecule has 0 radical (unpaired) electrons. The highest BCUT2D eigenvalue weighted by Crippen LogP contribution is 2.30. The summed E-state index contributed by atoms with van der Waals surface area (Å²) in [5, 5.41) is 0. The van der Waals surface area contributed by atoms with Gasteiger partial charge in [-0.3, -0.25) is 4.98 Å². The normalized spacial score (nSPS) is 19.1. The molecule has 0 aromatic carbocycles. The molecule has 1 fully saturated rings. The van der Waals surface area contributed by atoms with E-state index < -0.39 is 5.60 Å². The van der Waals surface area contributed by atoms with Crippen molar-refractivity contribution in [2.45, 2.75) is 45.1 Å². The van der Waals surface area contributed by atoms with Crippen molar-refractivity contribution in [3.8, 4) is 0 Å². The number of nitrogens with zero attached hydrogens (tertiary/aromatic N) is 3. The molecule has 2 aromatic rings. The standard InChI is InChI=1S/C18H25N3O2/c1-18(2,3)23-17(22)21-10-6-7-13(12-21)16-11-14-15(20(16)4)8-5-9-19-14/h5,8-9,11,13H,6-7,10,12H2,1-4H3. The molecule has 0 bridgehead atoms. The van der Waals surface area contributed by atoms with Crippen molar-refractivity contribution in [3.05, 3.63) is 30.1 Å². The van der Waals surface area contributed by atoms with Gasteiger partial charge in [0.05, 0.1) is 11.0 Å². The largest absolute Gasteiger partial charge is 0.444 e. The zero-order valence-corrected chi connectivity index (χ0v) is 14.4. The van der Waals surface area contributed by atoms with Gasteiger partial charge in [-0.2, -0.15) is 0 Å². The number of carbonyl (C=O) groups excluding carboxylic acids is 1. The molecular weight excluding hydrogens is 290 g/mol. The van der Waals surface area contributed by atoms with Gasteiger partial charge >= 0.3 is 6.09 Å². The quantitative estimate of drug-likeness (QED) is 0.806. The highest BCUT2D eigenvalue weighted by Gasteiger charge is 2.29. The molecule has 5 nitrogen and oxygen atoms in total. The molecule has 1 atom stereocenters. The average Bonchev–Trinajstić information content (AvgIpc) is 2.83. The molecule has 23 heavy (non-hydrogen) atoms. The van der Waals surface area contributed by atoms with Crippen molar-refractivity contribution < 1.29 is 9.53 Å². The van der Waals surface area contributed by atoms with Gasteiger partial charge in [0, 0.05) is 37.9 Å². The third-order valence-electron chi connectivity index (χ3n) is 4.34. The van der Waals surface area contributed by atoms with Crippen molar-refractivity contribution in [3.63, 3.8) is 0 Å². The molecule has 3 heterocycles. The molecule has 1 saturated heterocycles. The van der Waals surface area contributed by atoms with Crippen molar-refractivity contribution in [1.82, 2.24) is 14.5 Å². The summed E-state index contributed by atoms with van der Waals surface area (Å²) in [4.78, 5) is 18.6. The molecule has 1 unspecified atom stereocenters. The zero-order valence-electron chi connectivity index (χ0n) is 14.4. The number of aryl methyl sites for hydroxylation is 1. The molecule has 124 valence electrons. The van der Waals surface area contributed by atoms with Crippen LogP contribution in [-0.4, -0.2) is 39.2 Å². The second kappa shape index (κ2) is 5.87. The first kappa shape index (κ1) is 15.8. The summed E-state index contributed by atoms with van der Waals surface area (Å²) in [6.45, 7) is 7.19. The molecule has 3 rings (SSSR count). The van der Waals surface area contributed by atoms with E-state index in [1.807, 2.05) is 37.9 Å². The minimum atomic E-state index is -0.451. The predicted octanol–water partition coefficient (Wildman–Crippen LogP) is 3.69. The third-order valence-corrected chi connectivity index (χ3v) is 4.34. The van der Waals surface area contributed by atoms with Crippen LogP contribution in [-0.2, 0) is 11.8 Å². The molecule has 1 aliphatic rings. The lowest BCUT2D eigenvalue weighted by Crippen LogP contribution is -2.42. The van der Waals surface area contributed by atoms with Crippen LogP contribution in [0.4, 0.5) is 4.79 Å². The number of piperidine rings is 1. The topological polar surface area (TPSA) is 47.4 Å². The van der Waals surface area contributed by atoms with Crippen LogP contribution >= 0.6 is 0 Å². The molecular formula is C18H25N3O2. The summed E-state index contributed by atoms with van der Waals surface area (Å²) < 4.78 is 7.72. The van der Waals surface area contributed by atoms with Gasteiger partial charge in [-0.1, -0.05) is 0 Å². The van der Waals surface area contributed by atoms with Crippen LogP contribution in [0, 0.1) is 0 Å². The second-order valence-electron chi connectivity index (χ2n) is 7.30. The summed E-state index contributed by atoms with van der Waals surface area (Å²) in [5.41, 5.74) is 2.94. The summed E-state index contributed by atoms with van der Waals surface area (Å²) in [5.74, 6) is 0.329. The molecule has 5 heteroatoms. The zero-order chi connectivity index (χ0) is 16.6. The lowest BCUT2D eigenvalue weighted by atomic mass is 9.95. The molecule has 1 aliphatic heterocycles. The second-order valence-corrected chi connectivity index (χ2v) is 7.30. The number of ether oxygens (including phenoxy) is 1. The molecule has 0 aliphatic carbocycles. The van der Waals surface area contributed by atoms with Crippen molar-refractivity contribution in [1.29, 1.82) is 0 Å². The maximum atomic E-state index is 12.3. The van der Waals surface area contributed by atoms with Crippen LogP contribution in [0.3, 0.4) is 0 Å². The predicted molar refractivity (Wildman–Crippen MR) is 90.5 cm³/mol. The maximum absolute atomic E-state index is 12.3. The Morgan fingerprint density at radius 1 is 1.39 bits per heavy atom. The fourth-order valence-corrected chi connectivity index (χ4v) is 3.28. The van der Waals surface area contributed by atoms with Crippen molar-refractivity contribution >= 4 is 17.1 Å². The highest BCUT2D eigenvalue weighted by atomic mass is 16.6. The van der Waals surface area contributed by atoms with Gasteiger partial charge in [-0.25, -0.2) is 4.79 Å². The Balaban J connectivity index is 1.80. The Morgan fingerprint density at radius 3 is 2.87 bits per heavy atom. The lowest BCUT2D eigenvalue weighted by Gasteiger charge is -2.34. The van der Waals surface area contributed by atoms with Crippen LogP contribution in [0.2, 0.25) is 0 Å². The Bertz CT molecular complexity index is 715. The summed E-state index contributed by atoms with van der Waals surface area (Å²) in [7, 11) is 2.08. The minimum absolute atomic E-state index is 0.209. The number of hydrogen-bond donors (Lipinski definition) is 0. The van der Waals surface area contributed by atoms with E-state index >= 15 is 0 Å². The van der Waals surface area contributed by atoms with Crippen molar-refractivity contribution in [2.24, 2.45) is 7.05 Å². The number of carbonyl (C=O) groups is 1. The Kier molecular flexibility index (Phi) is 4.04. The van der Waals surface area contributed by atoms with E-state index in [1.165, 1.54) is 5.69 Å². The van der Waals surface area contributed by atoms with Gasteiger partial charge in [-0.15, -0.1) is 0 Å². The van der Waals surface area contributed by atoms with E-state index in [1.54, 1.807) is 0 Å². The molecule has 1 amide bonds. The molecule has 0 spiro atoms. The number of likely N-dealkylation sites (tertiary alicyclic amines) is 1. The SMILES string of the molecule is Cn1c(C2CCCN(C(=O)OC(C)(C)C)C2)cc2ncccc21. The molecule has 0 saturated carbocycles. The van der Waals surface area contributed by atoms with Gasteiger partial charge < -0.3 is 14.2 Å². The highest BCUT2D eigenvalue weighted by molar-refractivity contribution is 5.77. The number of rotatable bonds is 1. The van der Waals surface area contributed by atoms with E-state index in [4.69, 9.17) is 4.74 Å². The Hall–Kier alpha value is -2.04. The van der Waals surface area contributed by atoms with Gasteiger partial charge in [0.25, 0.3) is 0 Å². The number of hydrogen-bond acceptors (Lipinski definition) is 3. The summed E-state index contributed by atoms with van der Waals surface area (Å²) in [6.07, 6.45) is 3.70. The Morgan fingerprint density at radius 2 is 2.17 bits per heavy atom. The van der Waals surface area contributed by atoms with E-state index in [0.717, 1.165) is 30.4 Å². The first-order chi connectivity index (χ1) is 10.8. The Labute approximate surface area is 137 Å². The van der Waals surface area contributed by atoms with Gasteiger partial charge in [-0.05, 0) is 51.8 Å². The number of aromatic nitrogens is 2. The summed E-state index contributed by atoms with van der Waals surface area (Å²) >= 11 is 0. The summed E-state index contributed by atoms with van der Waals surface area (Å²) in [6, 6.07) is 6.19. The number of pyridine rings is 1. The maximum Gasteiger partial charge on any atom is 0.410 e.